The first-order chi connectivity index (χ1) is 13.6. The second-order valence-corrected chi connectivity index (χ2v) is 9.79. The van der Waals surface area contributed by atoms with Gasteiger partial charge in [-0.3, -0.25) is 8.98 Å². The van der Waals surface area contributed by atoms with Crippen LogP contribution in [0.15, 0.2) is 30.5 Å². The van der Waals surface area contributed by atoms with Gasteiger partial charge in [0.1, 0.15) is 6.10 Å². The van der Waals surface area contributed by atoms with Gasteiger partial charge in [0.05, 0.1) is 17.5 Å². The van der Waals surface area contributed by atoms with E-state index in [0.717, 1.165) is 21.5 Å². The van der Waals surface area contributed by atoms with Crippen LogP contribution in [0.5, 0.6) is 0 Å². The maximum absolute atomic E-state index is 12.9. The molecule has 0 aliphatic carbocycles. The summed E-state index contributed by atoms with van der Waals surface area (Å²) in [6, 6.07) is 7.32. The van der Waals surface area contributed by atoms with E-state index in [2.05, 4.69) is 5.32 Å². The van der Waals surface area contributed by atoms with Crippen molar-refractivity contribution in [3.05, 3.63) is 36.0 Å². The van der Waals surface area contributed by atoms with E-state index in [-0.39, 0.29) is 12.7 Å². The van der Waals surface area contributed by atoms with Gasteiger partial charge < -0.3 is 15.0 Å². The first-order valence-corrected chi connectivity index (χ1v) is 11.0. The third-order valence-corrected chi connectivity index (χ3v) is 6.17. The van der Waals surface area contributed by atoms with E-state index < -0.39 is 21.7 Å². The Kier molecular flexibility index (Phi) is 6.33. The SMILES string of the molecule is CN(C)CCc1cn(S(=O)(=O)OCC(C)(C)C(=O)OC2CNC2)c2ccccc12. The van der Waals surface area contributed by atoms with E-state index in [1.54, 1.807) is 32.2 Å². The minimum Gasteiger partial charge on any atom is -0.459 e. The average Bonchev–Trinajstić information content (AvgIpc) is 3.01. The Balaban J connectivity index is 1.78. The number of nitrogens with one attached hydrogen (secondary N) is 1. The van der Waals surface area contributed by atoms with Crippen molar-refractivity contribution in [1.82, 2.24) is 14.2 Å². The van der Waals surface area contributed by atoms with Gasteiger partial charge in [-0.1, -0.05) is 18.2 Å². The van der Waals surface area contributed by atoms with E-state index in [9.17, 15) is 13.2 Å². The lowest BCUT2D eigenvalue weighted by Crippen LogP contribution is -2.51. The lowest BCUT2D eigenvalue weighted by molar-refractivity contribution is -0.163. The van der Waals surface area contributed by atoms with Crippen molar-refractivity contribution < 1.29 is 22.1 Å². The van der Waals surface area contributed by atoms with Crippen molar-refractivity contribution in [3.8, 4) is 0 Å². The lowest BCUT2D eigenvalue weighted by atomic mass is 9.95. The first kappa shape index (κ1) is 21.8. The Labute approximate surface area is 172 Å². The summed E-state index contributed by atoms with van der Waals surface area (Å²) in [5.41, 5.74) is 0.402. The van der Waals surface area contributed by atoms with Crippen molar-refractivity contribution in [1.29, 1.82) is 0 Å². The number of nitrogens with zero attached hydrogens (tertiary/aromatic N) is 2. The van der Waals surface area contributed by atoms with Crippen molar-refractivity contribution in [2.45, 2.75) is 26.4 Å². The number of fused-ring (bicyclic) bond motifs is 1. The molecule has 160 valence electrons. The minimum absolute atomic E-state index is 0.161. The van der Waals surface area contributed by atoms with Gasteiger partial charge in [-0.2, -0.15) is 8.42 Å². The molecule has 0 amide bonds. The minimum atomic E-state index is -4.11. The Bertz CT molecular complexity index is 977. The van der Waals surface area contributed by atoms with E-state index in [0.29, 0.717) is 25.0 Å². The molecule has 29 heavy (non-hydrogen) atoms. The zero-order valence-electron chi connectivity index (χ0n) is 17.3. The van der Waals surface area contributed by atoms with Crippen LogP contribution in [0.3, 0.4) is 0 Å². The normalized spacial score (nSPS) is 15.6. The van der Waals surface area contributed by atoms with E-state index in [4.69, 9.17) is 8.92 Å². The molecular formula is C20H29N3O5S. The highest BCUT2D eigenvalue weighted by atomic mass is 32.2. The molecule has 0 radical (unpaired) electrons. The molecule has 1 N–H and O–H groups in total. The molecule has 9 heteroatoms. The molecule has 1 aliphatic heterocycles. The van der Waals surface area contributed by atoms with Crippen molar-refractivity contribution in [3.63, 3.8) is 0 Å². The van der Waals surface area contributed by atoms with Crippen LogP contribution in [-0.2, 0) is 30.4 Å². The lowest BCUT2D eigenvalue weighted by Gasteiger charge is -2.31. The fraction of sp³-hybridized carbons (Fsp3) is 0.550. The first-order valence-electron chi connectivity index (χ1n) is 9.65. The maximum atomic E-state index is 12.9. The molecule has 1 aliphatic rings. The molecule has 1 saturated heterocycles. The molecule has 1 aromatic carbocycles. The number of carbonyl (C=O) groups is 1. The van der Waals surface area contributed by atoms with Gasteiger partial charge >= 0.3 is 16.3 Å². The summed E-state index contributed by atoms with van der Waals surface area (Å²) >= 11 is 0. The Morgan fingerprint density at radius 2 is 1.97 bits per heavy atom. The fourth-order valence-electron chi connectivity index (χ4n) is 2.94. The number of rotatable bonds is 9. The summed E-state index contributed by atoms with van der Waals surface area (Å²) in [5, 5.41) is 3.89. The second kappa shape index (κ2) is 8.43. The molecule has 0 bridgehead atoms. The van der Waals surface area contributed by atoms with Gasteiger partial charge in [-0.15, -0.1) is 0 Å². The van der Waals surface area contributed by atoms with Crippen LogP contribution >= 0.6 is 0 Å². The zero-order valence-corrected chi connectivity index (χ0v) is 18.2. The summed E-state index contributed by atoms with van der Waals surface area (Å²) < 4.78 is 37.7. The summed E-state index contributed by atoms with van der Waals surface area (Å²) in [4.78, 5) is 14.4. The Morgan fingerprint density at radius 1 is 1.28 bits per heavy atom. The van der Waals surface area contributed by atoms with Crippen molar-refractivity contribution in [2.75, 3.05) is 40.3 Å². The monoisotopic (exact) mass is 423 g/mol. The van der Waals surface area contributed by atoms with Crippen LogP contribution in [0, 0.1) is 5.41 Å². The fourth-order valence-corrected chi connectivity index (χ4v) is 4.15. The molecule has 3 rings (SSSR count). The third kappa shape index (κ3) is 4.98. The number of para-hydroxylation sites is 1. The molecule has 1 aromatic heterocycles. The number of hydrogen-bond acceptors (Lipinski definition) is 7. The van der Waals surface area contributed by atoms with Crippen LogP contribution < -0.4 is 5.32 Å². The Hall–Kier alpha value is -1.94. The molecule has 0 spiro atoms. The van der Waals surface area contributed by atoms with Gasteiger partial charge in [0.25, 0.3) is 0 Å². The topological polar surface area (TPSA) is 89.9 Å². The van der Waals surface area contributed by atoms with Gasteiger partial charge in [0.15, 0.2) is 0 Å². The summed E-state index contributed by atoms with van der Waals surface area (Å²) in [6.45, 7) is 4.97. The quantitative estimate of drug-likeness (QED) is 0.610. The largest absolute Gasteiger partial charge is 0.459 e. The third-order valence-electron chi connectivity index (χ3n) is 4.97. The molecule has 0 saturated carbocycles. The highest BCUT2D eigenvalue weighted by Gasteiger charge is 2.35. The smallest absolute Gasteiger partial charge is 0.366 e. The van der Waals surface area contributed by atoms with Crippen LogP contribution in [0.2, 0.25) is 0 Å². The molecule has 2 heterocycles. The molecule has 2 aromatic rings. The number of likely N-dealkylation sites (N-methyl/N-ethyl adjacent to an activating group) is 1. The van der Waals surface area contributed by atoms with Crippen molar-refractivity contribution in [2.24, 2.45) is 5.41 Å². The van der Waals surface area contributed by atoms with Crippen LogP contribution in [-0.4, -0.2) is 69.7 Å². The van der Waals surface area contributed by atoms with E-state index >= 15 is 0 Å². The highest BCUT2D eigenvalue weighted by Crippen LogP contribution is 2.26. The molecule has 0 unspecified atom stereocenters. The number of benzene rings is 1. The number of ether oxygens (including phenoxy) is 1. The predicted molar refractivity (Wildman–Crippen MR) is 111 cm³/mol. The van der Waals surface area contributed by atoms with Gasteiger partial charge in [0, 0.05) is 31.2 Å². The predicted octanol–water partition coefficient (Wildman–Crippen LogP) is 1.40. The second-order valence-electron chi connectivity index (χ2n) is 8.31. The van der Waals surface area contributed by atoms with E-state index in [1.165, 1.54) is 0 Å². The summed E-state index contributed by atoms with van der Waals surface area (Å²) in [5.74, 6) is -0.469. The van der Waals surface area contributed by atoms with Gasteiger partial charge in [-0.25, -0.2) is 3.97 Å². The van der Waals surface area contributed by atoms with Crippen LogP contribution in [0.1, 0.15) is 19.4 Å². The number of esters is 1. The zero-order chi connectivity index (χ0) is 21.2. The maximum Gasteiger partial charge on any atom is 0.366 e. The van der Waals surface area contributed by atoms with Crippen LogP contribution in [0.4, 0.5) is 0 Å². The van der Waals surface area contributed by atoms with E-state index in [1.807, 2.05) is 31.1 Å². The molecular weight excluding hydrogens is 394 g/mol. The summed E-state index contributed by atoms with van der Waals surface area (Å²) in [6.07, 6.45) is 2.16. The number of aromatic nitrogens is 1. The van der Waals surface area contributed by atoms with Gasteiger partial charge in [0.2, 0.25) is 0 Å². The average molecular weight is 424 g/mol. The highest BCUT2D eigenvalue weighted by molar-refractivity contribution is 7.85. The standard InChI is InChI=1S/C20H29N3O5S/c1-20(2,19(24)28-16-11-21-12-16)14-27-29(25,26)23-13-15(9-10-22(3)4)17-7-5-6-8-18(17)23/h5-8,13,16,21H,9-12,14H2,1-4H3. The van der Waals surface area contributed by atoms with Crippen LogP contribution in [0.25, 0.3) is 10.9 Å². The molecule has 1 fully saturated rings. The Morgan fingerprint density at radius 3 is 2.59 bits per heavy atom. The van der Waals surface area contributed by atoms with Crippen molar-refractivity contribution >= 4 is 27.2 Å². The molecule has 8 nitrogen and oxygen atoms in total. The van der Waals surface area contributed by atoms with Gasteiger partial charge in [-0.05, 0) is 46.0 Å². The number of hydrogen-bond donors (Lipinski definition) is 1. The molecule has 0 atom stereocenters. The summed E-state index contributed by atoms with van der Waals surface area (Å²) in [7, 11) is -0.164. The number of carbonyl (C=O) groups excluding carboxylic acids is 1.